The highest BCUT2D eigenvalue weighted by atomic mass is 35.5. The second-order valence-electron chi connectivity index (χ2n) is 6.54. The summed E-state index contributed by atoms with van der Waals surface area (Å²) in [5, 5.41) is 3.79. The Morgan fingerprint density at radius 1 is 1.18 bits per heavy atom. The maximum atomic E-state index is 12.4. The summed E-state index contributed by atoms with van der Waals surface area (Å²) < 4.78 is 0. The van der Waals surface area contributed by atoms with E-state index in [9.17, 15) is 4.79 Å². The van der Waals surface area contributed by atoms with Crippen LogP contribution in [0.1, 0.15) is 37.7 Å². The molecule has 5 heteroatoms. The fraction of sp³-hybridized carbons (Fsp3) is 0.588. The minimum Gasteiger partial charge on any atom is -0.352 e. The summed E-state index contributed by atoms with van der Waals surface area (Å²) in [6.45, 7) is 0.577. The van der Waals surface area contributed by atoms with Gasteiger partial charge in [-0.15, -0.1) is 12.4 Å². The molecular formula is C17H24Cl2N2O. The van der Waals surface area contributed by atoms with Gasteiger partial charge >= 0.3 is 0 Å². The molecule has 122 valence electrons. The molecule has 2 aliphatic carbocycles. The number of carbonyl (C=O) groups is 1. The van der Waals surface area contributed by atoms with Crippen LogP contribution in [0.25, 0.3) is 0 Å². The van der Waals surface area contributed by atoms with Crippen molar-refractivity contribution in [3.8, 4) is 0 Å². The van der Waals surface area contributed by atoms with Gasteiger partial charge in [0.05, 0.1) is 0 Å². The van der Waals surface area contributed by atoms with E-state index in [2.05, 4.69) is 5.32 Å². The summed E-state index contributed by atoms with van der Waals surface area (Å²) in [5.74, 6) is 1.42. The molecule has 1 aromatic carbocycles. The predicted octanol–water partition coefficient (Wildman–Crippen LogP) is 3.53. The van der Waals surface area contributed by atoms with Gasteiger partial charge in [0.25, 0.3) is 0 Å². The van der Waals surface area contributed by atoms with Crippen molar-refractivity contribution in [2.24, 2.45) is 23.5 Å². The minimum atomic E-state index is 0. The van der Waals surface area contributed by atoms with Crippen LogP contribution >= 0.6 is 24.0 Å². The van der Waals surface area contributed by atoms with Gasteiger partial charge in [-0.2, -0.15) is 0 Å². The molecule has 3 N–H and O–H groups in total. The number of hydrogen-bond donors (Lipinski definition) is 2. The fourth-order valence-corrected chi connectivity index (χ4v) is 4.06. The number of amides is 1. The maximum Gasteiger partial charge on any atom is 0.223 e. The van der Waals surface area contributed by atoms with Crippen LogP contribution < -0.4 is 11.1 Å². The van der Waals surface area contributed by atoms with Crippen LogP contribution in [0, 0.1) is 17.8 Å². The predicted molar refractivity (Wildman–Crippen MR) is 92.1 cm³/mol. The van der Waals surface area contributed by atoms with Crippen LogP contribution in [0.5, 0.6) is 0 Å². The summed E-state index contributed by atoms with van der Waals surface area (Å²) in [5.41, 5.74) is 7.37. The van der Waals surface area contributed by atoms with E-state index in [-0.39, 0.29) is 24.2 Å². The van der Waals surface area contributed by atoms with E-state index in [0.717, 1.165) is 23.4 Å². The molecule has 2 atom stereocenters. The van der Waals surface area contributed by atoms with E-state index in [1.807, 2.05) is 24.3 Å². The Morgan fingerprint density at radius 3 is 2.36 bits per heavy atom. The second kappa shape index (κ2) is 7.67. The number of halogens is 2. The molecule has 2 aliphatic rings. The third-order valence-corrected chi connectivity index (χ3v) is 5.42. The van der Waals surface area contributed by atoms with Crippen molar-refractivity contribution in [2.75, 3.05) is 0 Å². The second-order valence-corrected chi connectivity index (χ2v) is 6.98. The lowest BCUT2D eigenvalue weighted by molar-refractivity contribution is -0.128. The number of rotatable bonds is 3. The van der Waals surface area contributed by atoms with Gasteiger partial charge in [0.15, 0.2) is 0 Å². The lowest BCUT2D eigenvalue weighted by Crippen LogP contribution is -2.49. The summed E-state index contributed by atoms with van der Waals surface area (Å²) in [7, 11) is 0. The molecule has 0 radical (unpaired) electrons. The quantitative estimate of drug-likeness (QED) is 0.882. The standard InChI is InChI=1S/C17H23ClN2O.ClH/c18-15-6-4-11(5-7-15)10-20-17(21)14-8-12-2-1-3-13(9-14)16(12)19;/h4-7,12-14,16H,1-3,8-10,19H2,(H,20,21);1H. The number of carbonyl (C=O) groups excluding carboxylic acids is 1. The summed E-state index contributed by atoms with van der Waals surface area (Å²) in [4.78, 5) is 12.4. The Bertz CT molecular complexity index is 492. The van der Waals surface area contributed by atoms with Crippen molar-refractivity contribution in [1.82, 2.24) is 5.32 Å². The molecule has 0 heterocycles. The maximum absolute atomic E-state index is 12.4. The van der Waals surface area contributed by atoms with Crippen molar-refractivity contribution in [2.45, 2.75) is 44.7 Å². The highest BCUT2D eigenvalue weighted by Gasteiger charge is 2.40. The molecule has 0 aliphatic heterocycles. The first-order valence-corrected chi connectivity index (χ1v) is 8.29. The van der Waals surface area contributed by atoms with Gasteiger partial charge in [-0.05, 0) is 55.2 Å². The largest absolute Gasteiger partial charge is 0.352 e. The first kappa shape index (κ1) is 17.6. The lowest BCUT2D eigenvalue weighted by atomic mass is 9.65. The third kappa shape index (κ3) is 3.95. The van der Waals surface area contributed by atoms with Gasteiger partial charge in [0.1, 0.15) is 0 Å². The lowest BCUT2D eigenvalue weighted by Gasteiger charge is -2.43. The molecule has 2 fully saturated rings. The summed E-state index contributed by atoms with van der Waals surface area (Å²) in [6.07, 6.45) is 5.59. The van der Waals surface area contributed by atoms with Gasteiger partial charge in [-0.3, -0.25) is 4.79 Å². The topological polar surface area (TPSA) is 55.1 Å². The Balaban J connectivity index is 0.00000176. The number of nitrogens with two attached hydrogens (primary N) is 1. The zero-order valence-corrected chi connectivity index (χ0v) is 14.2. The summed E-state index contributed by atoms with van der Waals surface area (Å²) >= 11 is 5.87. The van der Waals surface area contributed by atoms with Crippen LogP contribution in [-0.2, 0) is 11.3 Å². The SMILES string of the molecule is Cl.NC1C2CCCC1CC(C(=O)NCc1ccc(Cl)cc1)C2. The normalized spacial score (nSPS) is 30.3. The van der Waals surface area contributed by atoms with Crippen molar-refractivity contribution in [3.05, 3.63) is 34.9 Å². The van der Waals surface area contributed by atoms with Crippen molar-refractivity contribution >= 4 is 29.9 Å². The number of fused-ring (bicyclic) bond motifs is 2. The van der Waals surface area contributed by atoms with Gasteiger partial charge < -0.3 is 11.1 Å². The average molecular weight is 343 g/mol. The fourth-order valence-electron chi connectivity index (χ4n) is 3.94. The number of benzene rings is 1. The van der Waals surface area contributed by atoms with Crippen molar-refractivity contribution in [3.63, 3.8) is 0 Å². The van der Waals surface area contributed by atoms with Crippen LogP contribution in [0.2, 0.25) is 5.02 Å². The van der Waals surface area contributed by atoms with E-state index in [4.69, 9.17) is 17.3 Å². The molecule has 3 nitrogen and oxygen atoms in total. The van der Waals surface area contributed by atoms with Gasteiger partial charge in [0.2, 0.25) is 5.91 Å². The van der Waals surface area contributed by atoms with Gasteiger partial charge in [-0.25, -0.2) is 0 Å². The molecule has 0 spiro atoms. The van der Waals surface area contributed by atoms with Crippen molar-refractivity contribution < 1.29 is 4.79 Å². The smallest absolute Gasteiger partial charge is 0.223 e. The Morgan fingerprint density at radius 2 is 1.77 bits per heavy atom. The van der Waals surface area contributed by atoms with E-state index < -0.39 is 0 Å². The van der Waals surface area contributed by atoms with Crippen LogP contribution in [0.3, 0.4) is 0 Å². The van der Waals surface area contributed by atoms with Gasteiger partial charge in [0, 0.05) is 23.5 Å². The first-order chi connectivity index (χ1) is 10.1. The molecule has 2 bridgehead atoms. The van der Waals surface area contributed by atoms with Crippen molar-refractivity contribution in [1.29, 1.82) is 0 Å². The highest BCUT2D eigenvalue weighted by molar-refractivity contribution is 6.30. The first-order valence-electron chi connectivity index (χ1n) is 7.91. The molecule has 0 aromatic heterocycles. The molecule has 22 heavy (non-hydrogen) atoms. The molecule has 2 saturated carbocycles. The third-order valence-electron chi connectivity index (χ3n) is 5.16. The number of hydrogen-bond acceptors (Lipinski definition) is 2. The Labute approximate surface area is 143 Å². The molecule has 3 rings (SSSR count). The van der Waals surface area contributed by atoms with Crippen LogP contribution in [-0.4, -0.2) is 11.9 Å². The molecule has 0 saturated heterocycles. The zero-order chi connectivity index (χ0) is 14.8. The molecule has 2 unspecified atom stereocenters. The summed E-state index contributed by atoms with van der Waals surface area (Å²) in [6, 6.07) is 7.93. The van der Waals surface area contributed by atoms with E-state index in [1.165, 1.54) is 19.3 Å². The highest BCUT2D eigenvalue weighted by Crippen LogP contribution is 2.41. The number of nitrogens with one attached hydrogen (secondary N) is 1. The van der Waals surface area contributed by atoms with Gasteiger partial charge in [-0.1, -0.05) is 30.2 Å². The Kier molecular flexibility index (Phi) is 6.13. The zero-order valence-electron chi connectivity index (χ0n) is 12.6. The van der Waals surface area contributed by atoms with E-state index in [0.29, 0.717) is 24.4 Å². The molecule has 1 amide bonds. The average Bonchev–Trinajstić information content (AvgIpc) is 2.46. The minimum absolute atomic E-state index is 0. The van der Waals surface area contributed by atoms with E-state index >= 15 is 0 Å². The Hall–Kier alpha value is -0.770. The molecular weight excluding hydrogens is 319 g/mol. The van der Waals surface area contributed by atoms with E-state index in [1.54, 1.807) is 0 Å². The molecule has 1 aromatic rings. The monoisotopic (exact) mass is 342 g/mol. The van der Waals surface area contributed by atoms with Crippen LogP contribution in [0.15, 0.2) is 24.3 Å². The van der Waals surface area contributed by atoms with Crippen LogP contribution in [0.4, 0.5) is 0 Å².